The van der Waals surface area contributed by atoms with E-state index in [1.165, 1.54) is 32.4 Å². The van der Waals surface area contributed by atoms with Crippen LogP contribution in [0.4, 0.5) is 11.6 Å². The van der Waals surface area contributed by atoms with Gasteiger partial charge in [0.05, 0.1) is 12.4 Å². The molecule has 3 rings (SSSR count). The van der Waals surface area contributed by atoms with E-state index in [1.807, 2.05) is 31.4 Å². The Labute approximate surface area is 140 Å². The Bertz CT molecular complexity index is 498. The SMILES string of the molecule is CN(C)c1cncc(N2CCN(CC3CCCCN3C)CC2)n1. The van der Waals surface area contributed by atoms with Gasteiger partial charge in [0.2, 0.25) is 0 Å². The van der Waals surface area contributed by atoms with Gasteiger partial charge in [-0.3, -0.25) is 9.88 Å². The van der Waals surface area contributed by atoms with Gasteiger partial charge in [-0.25, -0.2) is 4.98 Å². The molecule has 1 aromatic heterocycles. The first kappa shape index (κ1) is 16.5. The van der Waals surface area contributed by atoms with Gasteiger partial charge in [0.15, 0.2) is 0 Å². The van der Waals surface area contributed by atoms with Crippen LogP contribution in [0.3, 0.4) is 0 Å². The predicted octanol–water partition coefficient (Wildman–Crippen LogP) is 1.15. The fourth-order valence-corrected chi connectivity index (χ4v) is 3.55. The van der Waals surface area contributed by atoms with Crippen molar-refractivity contribution in [1.29, 1.82) is 0 Å². The van der Waals surface area contributed by atoms with Crippen LogP contribution in [0.5, 0.6) is 0 Å². The Morgan fingerprint density at radius 2 is 1.87 bits per heavy atom. The van der Waals surface area contributed by atoms with Gasteiger partial charge >= 0.3 is 0 Å². The standard InChI is InChI=1S/C17H30N6/c1-20(2)16-12-18-13-17(19-16)23-10-8-22(9-11-23)14-15-6-4-5-7-21(15)3/h12-13,15H,4-11,14H2,1-3H3. The summed E-state index contributed by atoms with van der Waals surface area (Å²) >= 11 is 0. The third-order valence-electron chi connectivity index (χ3n) is 5.15. The highest BCUT2D eigenvalue weighted by Gasteiger charge is 2.24. The van der Waals surface area contributed by atoms with Gasteiger partial charge in [-0.2, -0.15) is 0 Å². The van der Waals surface area contributed by atoms with Crippen LogP contribution < -0.4 is 9.80 Å². The van der Waals surface area contributed by atoms with Crippen LogP contribution in [0.1, 0.15) is 19.3 Å². The van der Waals surface area contributed by atoms with E-state index in [-0.39, 0.29) is 0 Å². The van der Waals surface area contributed by atoms with E-state index in [0.717, 1.165) is 43.9 Å². The molecule has 1 aromatic rings. The number of rotatable bonds is 4. The second-order valence-electron chi connectivity index (χ2n) is 7.05. The number of likely N-dealkylation sites (tertiary alicyclic amines) is 1. The van der Waals surface area contributed by atoms with E-state index >= 15 is 0 Å². The van der Waals surface area contributed by atoms with Crippen LogP contribution >= 0.6 is 0 Å². The minimum atomic E-state index is 0.743. The van der Waals surface area contributed by atoms with Crippen LogP contribution in [-0.4, -0.2) is 86.2 Å². The first-order valence-electron chi connectivity index (χ1n) is 8.80. The summed E-state index contributed by atoms with van der Waals surface area (Å²) in [4.78, 5) is 18.6. The fraction of sp³-hybridized carbons (Fsp3) is 0.765. The van der Waals surface area contributed by atoms with Crippen molar-refractivity contribution in [1.82, 2.24) is 19.8 Å². The Kier molecular flexibility index (Phi) is 5.33. The van der Waals surface area contributed by atoms with Gasteiger partial charge in [-0.05, 0) is 26.4 Å². The molecule has 3 heterocycles. The van der Waals surface area contributed by atoms with Crippen molar-refractivity contribution in [3.05, 3.63) is 12.4 Å². The highest BCUT2D eigenvalue weighted by atomic mass is 15.3. The molecule has 2 aliphatic rings. The summed E-state index contributed by atoms with van der Waals surface area (Å²) < 4.78 is 0. The molecule has 23 heavy (non-hydrogen) atoms. The van der Waals surface area contributed by atoms with E-state index < -0.39 is 0 Å². The molecule has 0 aromatic carbocycles. The highest BCUT2D eigenvalue weighted by Crippen LogP contribution is 2.19. The summed E-state index contributed by atoms with van der Waals surface area (Å²) in [5, 5.41) is 0. The van der Waals surface area contributed by atoms with Crippen LogP contribution in [0.2, 0.25) is 0 Å². The number of likely N-dealkylation sites (N-methyl/N-ethyl adjacent to an activating group) is 1. The summed E-state index contributed by atoms with van der Waals surface area (Å²) in [6.07, 6.45) is 7.81. The molecule has 0 saturated carbocycles. The van der Waals surface area contributed by atoms with Crippen molar-refractivity contribution in [2.75, 3.05) is 70.2 Å². The summed E-state index contributed by atoms with van der Waals surface area (Å²) in [6.45, 7) is 6.81. The monoisotopic (exact) mass is 318 g/mol. The molecule has 2 aliphatic heterocycles. The maximum absolute atomic E-state index is 4.71. The van der Waals surface area contributed by atoms with Crippen molar-refractivity contribution in [3.8, 4) is 0 Å². The molecule has 0 spiro atoms. The van der Waals surface area contributed by atoms with E-state index in [4.69, 9.17) is 4.98 Å². The number of hydrogen-bond acceptors (Lipinski definition) is 6. The molecule has 0 aliphatic carbocycles. The summed E-state index contributed by atoms with van der Waals surface area (Å²) in [7, 11) is 6.29. The molecule has 2 saturated heterocycles. The molecule has 6 heteroatoms. The van der Waals surface area contributed by atoms with E-state index in [2.05, 4.69) is 26.7 Å². The maximum atomic E-state index is 4.71. The predicted molar refractivity (Wildman–Crippen MR) is 95.3 cm³/mol. The van der Waals surface area contributed by atoms with Crippen LogP contribution in [0.15, 0.2) is 12.4 Å². The average Bonchev–Trinajstić information content (AvgIpc) is 2.58. The third-order valence-corrected chi connectivity index (χ3v) is 5.15. The van der Waals surface area contributed by atoms with Crippen LogP contribution in [0, 0.1) is 0 Å². The zero-order chi connectivity index (χ0) is 16.2. The second-order valence-corrected chi connectivity index (χ2v) is 7.05. The second kappa shape index (κ2) is 7.45. The molecule has 1 atom stereocenters. The summed E-state index contributed by atoms with van der Waals surface area (Å²) in [5.41, 5.74) is 0. The lowest BCUT2D eigenvalue weighted by Crippen LogP contribution is -2.52. The summed E-state index contributed by atoms with van der Waals surface area (Å²) in [6, 6.07) is 0.743. The van der Waals surface area contributed by atoms with E-state index in [0.29, 0.717) is 0 Å². The fourth-order valence-electron chi connectivity index (χ4n) is 3.55. The maximum Gasteiger partial charge on any atom is 0.149 e. The van der Waals surface area contributed by atoms with Gasteiger partial charge in [-0.1, -0.05) is 6.42 Å². The highest BCUT2D eigenvalue weighted by molar-refractivity contribution is 5.45. The van der Waals surface area contributed by atoms with Crippen molar-refractivity contribution in [2.45, 2.75) is 25.3 Å². The van der Waals surface area contributed by atoms with Gasteiger partial charge in [-0.15, -0.1) is 0 Å². The molecule has 2 fully saturated rings. The van der Waals surface area contributed by atoms with Gasteiger partial charge in [0.25, 0.3) is 0 Å². The van der Waals surface area contributed by atoms with Crippen molar-refractivity contribution < 1.29 is 0 Å². The van der Waals surface area contributed by atoms with Crippen LogP contribution in [-0.2, 0) is 0 Å². The normalized spacial score (nSPS) is 24.0. The first-order valence-corrected chi connectivity index (χ1v) is 8.80. The molecule has 0 radical (unpaired) electrons. The molecule has 0 N–H and O–H groups in total. The Morgan fingerprint density at radius 1 is 1.09 bits per heavy atom. The lowest BCUT2D eigenvalue weighted by Gasteiger charge is -2.40. The zero-order valence-electron chi connectivity index (χ0n) is 14.8. The van der Waals surface area contributed by atoms with Crippen molar-refractivity contribution in [3.63, 3.8) is 0 Å². The lowest BCUT2D eigenvalue weighted by atomic mass is 10.0. The zero-order valence-corrected chi connectivity index (χ0v) is 14.8. The number of anilines is 2. The Morgan fingerprint density at radius 3 is 2.57 bits per heavy atom. The molecule has 1 unspecified atom stereocenters. The molecular weight excluding hydrogens is 288 g/mol. The Hall–Kier alpha value is -1.40. The largest absolute Gasteiger partial charge is 0.361 e. The number of aromatic nitrogens is 2. The number of nitrogens with zero attached hydrogens (tertiary/aromatic N) is 6. The molecule has 0 bridgehead atoms. The number of piperazine rings is 1. The molecule has 0 amide bonds. The minimum absolute atomic E-state index is 0.743. The quantitative estimate of drug-likeness (QED) is 0.829. The average molecular weight is 318 g/mol. The lowest BCUT2D eigenvalue weighted by molar-refractivity contribution is 0.124. The van der Waals surface area contributed by atoms with E-state index in [1.54, 1.807) is 0 Å². The molecular formula is C17H30N6. The Balaban J connectivity index is 1.53. The van der Waals surface area contributed by atoms with E-state index in [9.17, 15) is 0 Å². The third kappa shape index (κ3) is 4.12. The molecule has 128 valence electrons. The van der Waals surface area contributed by atoms with Gasteiger partial charge in [0.1, 0.15) is 11.6 Å². The van der Waals surface area contributed by atoms with Crippen molar-refractivity contribution in [2.24, 2.45) is 0 Å². The smallest absolute Gasteiger partial charge is 0.149 e. The topological polar surface area (TPSA) is 38.7 Å². The van der Waals surface area contributed by atoms with Crippen LogP contribution in [0.25, 0.3) is 0 Å². The minimum Gasteiger partial charge on any atom is -0.361 e. The number of hydrogen-bond donors (Lipinski definition) is 0. The summed E-state index contributed by atoms with van der Waals surface area (Å²) in [5.74, 6) is 1.93. The number of piperidine rings is 1. The van der Waals surface area contributed by atoms with Crippen molar-refractivity contribution >= 4 is 11.6 Å². The molecule has 6 nitrogen and oxygen atoms in total. The van der Waals surface area contributed by atoms with Gasteiger partial charge in [0, 0.05) is 52.9 Å². The first-order chi connectivity index (χ1) is 11.1. The van der Waals surface area contributed by atoms with Gasteiger partial charge < -0.3 is 14.7 Å².